The summed E-state index contributed by atoms with van der Waals surface area (Å²) in [5.41, 5.74) is -0.330. The first-order valence-electron chi connectivity index (χ1n) is 7.33. The van der Waals surface area contributed by atoms with Crippen molar-refractivity contribution < 1.29 is 14.8 Å². The van der Waals surface area contributed by atoms with Crippen LogP contribution in [0.3, 0.4) is 0 Å². The van der Waals surface area contributed by atoms with Crippen molar-refractivity contribution >= 4 is 12.7 Å². The van der Waals surface area contributed by atoms with Gasteiger partial charge in [0, 0.05) is 12.7 Å². The van der Waals surface area contributed by atoms with Gasteiger partial charge in [-0.15, -0.1) is 0 Å². The average molecular weight is 302 g/mol. The van der Waals surface area contributed by atoms with Crippen LogP contribution in [0.2, 0.25) is 0 Å². The van der Waals surface area contributed by atoms with E-state index in [0.29, 0.717) is 12.1 Å². The molecule has 0 fully saturated rings. The van der Waals surface area contributed by atoms with Crippen LogP contribution in [0, 0.1) is 0 Å². The summed E-state index contributed by atoms with van der Waals surface area (Å²) in [5, 5.41) is 20.5. The minimum absolute atomic E-state index is 0.557. The molecule has 0 saturated heterocycles. The molecule has 5 nitrogen and oxygen atoms in total. The van der Waals surface area contributed by atoms with Gasteiger partial charge in [0.1, 0.15) is 0 Å². The number of hydrogen-bond acceptors (Lipinski definition) is 4. The van der Waals surface area contributed by atoms with Crippen LogP contribution in [0.1, 0.15) is 33.3 Å². The zero-order chi connectivity index (χ0) is 16.4. The van der Waals surface area contributed by atoms with E-state index in [4.69, 9.17) is 4.65 Å². The third-order valence-corrected chi connectivity index (χ3v) is 4.07. The van der Waals surface area contributed by atoms with Crippen LogP contribution in [0.15, 0.2) is 42.9 Å². The van der Waals surface area contributed by atoms with Crippen LogP contribution >= 0.6 is 0 Å². The molecule has 1 aromatic carbocycles. The van der Waals surface area contributed by atoms with E-state index in [0.717, 1.165) is 5.56 Å². The third-order valence-electron chi connectivity index (χ3n) is 4.07. The van der Waals surface area contributed by atoms with Gasteiger partial charge in [-0.25, -0.2) is 4.98 Å². The van der Waals surface area contributed by atoms with Crippen LogP contribution in [-0.2, 0) is 11.2 Å². The number of nitrogens with zero attached hydrogens (tertiary/aromatic N) is 2. The summed E-state index contributed by atoms with van der Waals surface area (Å²) in [5.74, 6) is 0. The van der Waals surface area contributed by atoms with Gasteiger partial charge in [0.25, 0.3) is 0 Å². The predicted octanol–water partition coefficient (Wildman–Crippen LogP) is 1.18. The topological polar surface area (TPSA) is 67.5 Å². The highest BCUT2D eigenvalue weighted by molar-refractivity contribution is 6.59. The summed E-state index contributed by atoms with van der Waals surface area (Å²) < 4.78 is 7.50. The zero-order valence-corrected chi connectivity index (χ0v) is 13.5. The summed E-state index contributed by atoms with van der Waals surface area (Å²) in [4.78, 5) is 4.09. The van der Waals surface area contributed by atoms with Crippen molar-refractivity contribution in [2.45, 2.75) is 45.4 Å². The molecule has 0 unspecified atom stereocenters. The van der Waals surface area contributed by atoms with E-state index in [1.165, 1.54) is 0 Å². The fraction of sp³-hybridized carbons (Fsp3) is 0.438. The van der Waals surface area contributed by atoms with Crippen LogP contribution in [0.25, 0.3) is 0 Å². The average Bonchev–Trinajstić information content (AvgIpc) is 2.86. The molecule has 22 heavy (non-hydrogen) atoms. The molecule has 2 N–H and O–H groups in total. The number of rotatable bonds is 6. The molecule has 2 aromatic rings. The van der Waals surface area contributed by atoms with Crippen molar-refractivity contribution in [3.8, 4) is 0 Å². The summed E-state index contributed by atoms with van der Waals surface area (Å²) in [6.07, 6.45) is 3.24. The van der Waals surface area contributed by atoms with E-state index in [1.807, 2.05) is 34.9 Å². The van der Waals surface area contributed by atoms with Crippen molar-refractivity contribution in [2.24, 2.45) is 0 Å². The normalized spacial score (nSPS) is 12.5. The van der Waals surface area contributed by atoms with E-state index in [2.05, 4.69) is 4.98 Å². The largest absolute Gasteiger partial charge is 0.510 e. The lowest BCUT2D eigenvalue weighted by atomic mass is 9.80. The first-order chi connectivity index (χ1) is 10.2. The molecule has 0 spiro atoms. The molecule has 6 heteroatoms. The van der Waals surface area contributed by atoms with Gasteiger partial charge >= 0.3 is 7.12 Å². The van der Waals surface area contributed by atoms with Crippen molar-refractivity contribution in [1.29, 1.82) is 0 Å². The third kappa shape index (κ3) is 3.77. The van der Waals surface area contributed by atoms with Gasteiger partial charge in [-0.05, 0) is 33.3 Å². The van der Waals surface area contributed by atoms with Gasteiger partial charge in [-0.3, -0.25) is 0 Å². The zero-order valence-electron chi connectivity index (χ0n) is 13.5. The Kier molecular flexibility index (Phi) is 4.75. The Labute approximate surface area is 131 Å². The monoisotopic (exact) mass is 302 g/mol. The van der Waals surface area contributed by atoms with Crippen molar-refractivity contribution in [2.75, 3.05) is 0 Å². The summed E-state index contributed by atoms with van der Waals surface area (Å²) in [7, 11) is -1.16. The Bertz CT molecular complexity index is 605. The number of hydrogen-bond donors (Lipinski definition) is 2. The second-order valence-corrected chi connectivity index (χ2v) is 6.47. The van der Waals surface area contributed by atoms with Crippen LogP contribution < -0.4 is 5.59 Å². The minimum Gasteiger partial charge on any atom is -0.422 e. The van der Waals surface area contributed by atoms with Crippen molar-refractivity contribution in [3.63, 3.8) is 0 Å². The fourth-order valence-electron chi connectivity index (χ4n) is 1.93. The second kappa shape index (κ2) is 6.24. The molecule has 0 amide bonds. The lowest BCUT2D eigenvalue weighted by Gasteiger charge is -2.38. The number of aromatic nitrogens is 2. The second-order valence-electron chi connectivity index (χ2n) is 6.47. The van der Waals surface area contributed by atoms with Gasteiger partial charge < -0.3 is 19.4 Å². The lowest BCUT2D eigenvalue weighted by Crippen LogP contribution is -2.54. The molecule has 118 valence electrons. The molecule has 0 radical (unpaired) electrons. The van der Waals surface area contributed by atoms with E-state index >= 15 is 0 Å². The van der Waals surface area contributed by atoms with E-state index in [1.54, 1.807) is 40.2 Å². The number of benzene rings is 1. The molecule has 1 heterocycles. The van der Waals surface area contributed by atoms with Crippen molar-refractivity contribution in [1.82, 2.24) is 9.55 Å². The smallest absolute Gasteiger partial charge is 0.422 e. The van der Waals surface area contributed by atoms with E-state index in [-0.39, 0.29) is 0 Å². The van der Waals surface area contributed by atoms with Crippen LogP contribution in [-0.4, -0.2) is 38.0 Å². The molecule has 0 bridgehead atoms. The van der Waals surface area contributed by atoms with Gasteiger partial charge in [-0.1, -0.05) is 30.3 Å². The highest BCUT2D eigenvalue weighted by atomic mass is 16.5. The predicted molar refractivity (Wildman–Crippen MR) is 86.8 cm³/mol. The Morgan fingerprint density at radius 1 is 1.18 bits per heavy atom. The highest BCUT2D eigenvalue weighted by Gasteiger charge is 2.40. The Morgan fingerprint density at radius 3 is 2.41 bits per heavy atom. The lowest BCUT2D eigenvalue weighted by molar-refractivity contribution is -0.0984. The molecule has 0 aliphatic rings. The maximum absolute atomic E-state index is 10.4. The van der Waals surface area contributed by atoms with Gasteiger partial charge in [0.2, 0.25) is 0 Å². The molecule has 0 atom stereocenters. The molecule has 2 rings (SSSR count). The first-order valence-corrected chi connectivity index (χ1v) is 7.33. The molecule has 0 saturated carbocycles. The Hall–Kier alpha value is -1.63. The summed E-state index contributed by atoms with van der Waals surface area (Å²) in [6.45, 7) is 7.39. The Morgan fingerprint density at radius 2 is 1.82 bits per heavy atom. The molecule has 0 aliphatic carbocycles. The molecular formula is C16H23BN2O3. The minimum atomic E-state index is -1.16. The maximum atomic E-state index is 10.4. The standard InChI is InChI=1S/C16H23BN2O3/c1-15(2,20)16(3,4)22-17(21)14-10-18-12-19(14)11-13-8-6-5-7-9-13/h5-10,12,20-21H,11H2,1-4H3. The molecule has 1 aromatic heterocycles. The summed E-state index contributed by atoms with van der Waals surface area (Å²) >= 11 is 0. The quantitative estimate of drug-likeness (QED) is 0.787. The van der Waals surface area contributed by atoms with Crippen molar-refractivity contribution in [3.05, 3.63) is 48.4 Å². The fourth-order valence-corrected chi connectivity index (χ4v) is 1.93. The van der Waals surface area contributed by atoms with Gasteiger partial charge in [0.05, 0.1) is 23.1 Å². The van der Waals surface area contributed by atoms with Crippen LogP contribution in [0.4, 0.5) is 0 Å². The van der Waals surface area contributed by atoms with Gasteiger partial charge in [0.15, 0.2) is 0 Å². The van der Waals surface area contributed by atoms with Crippen LogP contribution in [0.5, 0.6) is 0 Å². The number of aliphatic hydroxyl groups is 1. The van der Waals surface area contributed by atoms with E-state index < -0.39 is 18.3 Å². The first kappa shape index (κ1) is 16.7. The summed E-state index contributed by atoms with van der Waals surface area (Å²) in [6, 6.07) is 9.92. The Balaban J connectivity index is 2.15. The maximum Gasteiger partial charge on any atom is 0.510 e. The highest BCUT2D eigenvalue weighted by Crippen LogP contribution is 2.25. The van der Waals surface area contributed by atoms with E-state index in [9.17, 15) is 10.1 Å². The van der Waals surface area contributed by atoms with Gasteiger partial charge in [-0.2, -0.15) is 0 Å². The number of imidazole rings is 1. The SMILES string of the molecule is CC(C)(O)C(C)(C)OB(O)c1cncn1Cc1ccccc1. The molecule has 0 aliphatic heterocycles. The molecular weight excluding hydrogens is 279 g/mol.